The molecule has 0 saturated heterocycles. The van der Waals surface area contributed by atoms with Crippen LogP contribution in [0.15, 0.2) is 11.7 Å². The molecule has 4 aliphatic rings. The third-order valence-electron chi connectivity index (χ3n) is 8.32. The smallest absolute Gasteiger partial charge is 0.269 e. The van der Waals surface area contributed by atoms with Gasteiger partial charge in [0.05, 0.1) is 0 Å². The number of allylic oxidation sites excluding steroid dienone is 1. The van der Waals surface area contributed by atoms with Crippen molar-refractivity contribution in [3.8, 4) is 0 Å². The van der Waals surface area contributed by atoms with Crippen molar-refractivity contribution in [1.29, 1.82) is 5.41 Å². The highest BCUT2D eigenvalue weighted by Gasteiger charge is 2.64. The second kappa shape index (κ2) is 5.43. The van der Waals surface area contributed by atoms with E-state index in [2.05, 4.69) is 6.92 Å². The number of carbonyl (C=O) groups is 1. The summed E-state index contributed by atoms with van der Waals surface area (Å²) < 4.78 is 42.0. The van der Waals surface area contributed by atoms with Crippen molar-refractivity contribution in [3.05, 3.63) is 11.7 Å². The van der Waals surface area contributed by atoms with Gasteiger partial charge >= 0.3 is 0 Å². The van der Waals surface area contributed by atoms with Crippen LogP contribution in [0.2, 0.25) is 0 Å². The van der Waals surface area contributed by atoms with E-state index in [0.29, 0.717) is 31.4 Å². The Kier molecular flexibility index (Phi) is 3.76. The molecule has 4 aliphatic carbocycles. The molecule has 5 heteroatoms. The Bertz CT molecular complexity index is 670. The number of hydrogen-bond acceptors (Lipinski definition) is 2. The van der Waals surface area contributed by atoms with Crippen LogP contribution in [0.4, 0.5) is 13.2 Å². The SMILES string of the molecule is C[C@]12CCC(=N)CC1CC(=C(F)F)C1C2CC[C@]2(C)C(=O)C(F)CC12. The van der Waals surface area contributed by atoms with Crippen LogP contribution in [-0.4, -0.2) is 17.7 Å². The van der Waals surface area contributed by atoms with Crippen molar-refractivity contribution in [3.63, 3.8) is 0 Å². The Labute approximate surface area is 146 Å². The molecule has 2 nitrogen and oxygen atoms in total. The zero-order valence-corrected chi connectivity index (χ0v) is 14.9. The molecular formula is C20H26F3NO. The van der Waals surface area contributed by atoms with E-state index in [1.807, 2.05) is 0 Å². The monoisotopic (exact) mass is 353 g/mol. The lowest BCUT2D eigenvalue weighted by atomic mass is 9.44. The summed E-state index contributed by atoms with van der Waals surface area (Å²) >= 11 is 0. The molecule has 7 atom stereocenters. The maximum absolute atomic E-state index is 14.2. The van der Waals surface area contributed by atoms with Gasteiger partial charge in [0.2, 0.25) is 0 Å². The fourth-order valence-corrected chi connectivity index (χ4v) is 6.78. The third kappa shape index (κ3) is 2.23. The average molecular weight is 353 g/mol. The van der Waals surface area contributed by atoms with Crippen molar-refractivity contribution >= 4 is 11.5 Å². The first-order chi connectivity index (χ1) is 11.7. The highest BCUT2D eigenvalue weighted by Crippen LogP contribution is 2.67. The van der Waals surface area contributed by atoms with Gasteiger partial charge in [-0.2, -0.15) is 8.78 Å². The highest BCUT2D eigenvalue weighted by atomic mass is 19.3. The van der Waals surface area contributed by atoms with Crippen molar-refractivity contribution in [2.45, 2.75) is 65.0 Å². The predicted molar refractivity (Wildman–Crippen MR) is 89.4 cm³/mol. The van der Waals surface area contributed by atoms with Gasteiger partial charge in [-0.3, -0.25) is 4.79 Å². The molecule has 4 rings (SSSR count). The molecule has 5 unspecified atom stereocenters. The Morgan fingerprint density at radius 3 is 2.56 bits per heavy atom. The molecular weight excluding hydrogens is 327 g/mol. The number of fused-ring (bicyclic) bond motifs is 5. The summed E-state index contributed by atoms with van der Waals surface area (Å²) in [6.45, 7) is 4.00. The molecule has 0 radical (unpaired) electrons. The Hall–Kier alpha value is -1.13. The van der Waals surface area contributed by atoms with Crippen LogP contribution in [0.3, 0.4) is 0 Å². The van der Waals surface area contributed by atoms with Crippen LogP contribution in [0.25, 0.3) is 0 Å². The molecule has 0 aromatic rings. The Balaban J connectivity index is 1.79. The molecule has 4 fully saturated rings. The van der Waals surface area contributed by atoms with E-state index in [0.717, 1.165) is 12.8 Å². The molecule has 0 aliphatic heterocycles. The lowest BCUT2D eigenvalue weighted by molar-refractivity contribution is -0.136. The zero-order chi connectivity index (χ0) is 18.1. The van der Waals surface area contributed by atoms with E-state index < -0.39 is 17.7 Å². The Morgan fingerprint density at radius 2 is 1.88 bits per heavy atom. The number of halogens is 3. The van der Waals surface area contributed by atoms with Crippen LogP contribution in [0, 0.1) is 39.9 Å². The lowest BCUT2D eigenvalue weighted by Crippen LogP contribution is -2.54. The number of ketones is 1. The minimum absolute atomic E-state index is 0.0759. The van der Waals surface area contributed by atoms with Gasteiger partial charge in [-0.15, -0.1) is 0 Å². The molecule has 0 heterocycles. The number of alkyl halides is 1. The zero-order valence-electron chi connectivity index (χ0n) is 14.9. The molecule has 0 aromatic carbocycles. The second-order valence-corrected chi connectivity index (χ2v) is 9.26. The minimum atomic E-state index is -1.63. The number of carbonyl (C=O) groups excluding carboxylic acids is 1. The van der Waals surface area contributed by atoms with E-state index >= 15 is 0 Å². The molecule has 4 saturated carbocycles. The summed E-state index contributed by atoms with van der Waals surface area (Å²) in [5, 5.41) is 8.01. The fourth-order valence-electron chi connectivity index (χ4n) is 6.78. The molecule has 25 heavy (non-hydrogen) atoms. The first-order valence-electron chi connectivity index (χ1n) is 9.47. The topological polar surface area (TPSA) is 40.9 Å². The summed E-state index contributed by atoms with van der Waals surface area (Å²) in [6, 6.07) is 0. The van der Waals surface area contributed by atoms with Crippen molar-refractivity contribution < 1.29 is 18.0 Å². The fraction of sp³-hybridized carbons (Fsp3) is 0.800. The molecule has 0 bridgehead atoms. The van der Waals surface area contributed by atoms with Crippen LogP contribution >= 0.6 is 0 Å². The summed E-state index contributed by atoms with van der Waals surface area (Å²) in [5.74, 6) is -0.889. The predicted octanol–water partition coefficient (Wildman–Crippen LogP) is 5.33. The van der Waals surface area contributed by atoms with Crippen molar-refractivity contribution in [1.82, 2.24) is 0 Å². The van der Waals surface area contributed by atoms with E-state index in [9.17, 15) is 18.0 Å². The minimum Gasteiger partial charge on any atom is -0.310 e. The summed E-state index contributed by atoms with van der Waals surface area (Å²) in [5.41, 5.74) is -0.0289. The van der Waals surface area contributed by atoms with Crippen LogP contribution in [-0.2, 0) is 4.79 Å². The Morgan fingerprint density at radius 1 is 1.16 bits per heavy atom. The molecule has 0 amide bonds. The standard InChI is InChI=1S/C20H26F3NO/c1-19-5-3-11(24)7-10(19)8-12(18(22)23)16-13(19)4-6-20(2)14(16)9-15(21)17(20)25/h10,13-16,24H,3-9H2,1-2H3/t10?,13?,14?,15?,16?,19-,20-/m0/s1. The van der Waals surface area contributed by atoms with E-state index in [-0.39, 0.29) is 46.9 Å². The molecule has 0 aromatic heterocycles. The summed E-state index contributed by atoms with van der Waals surface area (Å²) in [4.78, 5) is 12.4. The van der Waals surface area contributed by atoms with Crippen LogP contribution < -0.4 is 0 Å². The number of hydrogen-bond donors (Lipinski definition) is 1. The average Bonchev–Trinajstić information content (AvgIpc) is 2.78. The quantitative estimate of drug-likeness (QED) is 0.628. The third-order valence-corrected chi connectivity index (χ3v) is 8.32. The van der Waals surface area contributed by atoms with Crippen LogP contribution in [0.1, 0.15) is 58.8 Å². The summed E-state index contributed by atoms with van der Waals surface area (Å²) in [7, 11) is 0. The largest absolute Gasteiger partial charge is 0.310 e. The van der Waals surface area contributed by atoms with E-state index in [1.54, 1.807) is 6.92 Å². The molecule has 138 valence electrons. The van der Waals surface area contributed by atoms with Crippen molar-refractivity contribution in [2.75, 3.05) is 0 Å². The second-order valence-electron chi connectivity index (χ2n) is 9.26. The normalized spacial score (nSPS) is 49.5. The molecule has 1 N–H and O–H groups in total. The maximum Gasteiger partial charge on any atom is 0.269 e. The van der Waals surface area contributed by atoms with E-state index in [4.69, 9.17) is 5.41 Å². The lowest BCUT2D eigenvalue weighted by Gasteiger charge is -2.59. The van der Waals surface area contributed by atoms with Gasteiger partial charge in [0.15, 0.2) is 12.0 Å². The number of nitrogens with one attached hydrogen (secondary N) is 1. The maximum atomic E-state index is 14.2. The van der Waals surface area contributed by atoms with Gasteiger partial charge in [0, 0.05) is 11.1 Å². The summed E-state index contributed by atoms with van der Waals surface area (Å²) in [6.07, 6.45) is 0.796. The first kappa shape index (κ1) is 17.3. The van der Waals surface area contributed by atoms with Gasteiger partial charge in [-0.1, -0.05) is 13.8 Å². The highest BCUT2D eigenvalue weighted by molar-refractivity contribution is 5.91. The van der Waals surface area contributed by atoms with Crippen molar-refractivity contribution in [2.24, 2.45) is 34.5 Å². The van der Waals surface area contributed by atoms with Gasteiger partial charge in [0.1, 0.15) is 0 Å². The first-order valence-corrected chi connectivity index (χ1v) is 9.47. The van der Waals surface area contributed by atoms with Gasteiger partial charge in [-0.25, -0.2) is 4.39 Å². The van der Waals surface area contributed by atoms with Crippen LogP contribution in [0.5, 0.6) is 0 Å². The van der Waals surface area contributed by atoms with Gasteiger partial charge in [0.25, 0.3) is 6.08 Å². The number of Topliss-reactive ketones (excluding diaryl/α,β-unsaturated/α-hetero) is 1. The molecule has 0 spiro atoms. The number of rotatable bonds is 0. The van der Waals surface area contributed by atoms with Gasteiger partial charge in [-0.05, 0) is 79.6 Å². The van der Waals surface area contributed by atoms with Gasteiger partial charge < -0.3 is 5.41 Å². The van der Waals surface area contributed by atoms with E-state index in [1.165, 1.54) is 0 Å².